The number of fused-ring (bicyclic) bond motifs is 1. The van der Waals surface area contributed by atoms with Crippen LogP contribution in [0.3, 0.4) is 0 Å². The average molecular weight is 380 g/mol. The highest BCUT2D eigenvalue weighted by Crippen LogP contribution is 2.35. The molecule has 0 aromatic heterocycles. The van der Waals surface area contributed by atoms with E-state index in [4.69, 9.17) is 9.47 Å². The number of piperidine rings is 1. The van der Waals surface area contributed by atoms with Crippen molar-refractivity contribution in [3.05, 3.63) is 59.7 Å². The third-order valence-electron chi connectivity index (χ3n) is 5.79. The van der Waals surface area contributed by atoms with Crippen LogP contribution >= 0.6 is 0 Å². The van der Waals surface area contributed by atoms with E-state index in [0.717, 1.165) is 49.5 Å². The number of ether oxygens (including phenoxy) is 2. The average Bonchev–Trinajstić information content (AvgIpc) is 2.85. The minimum atomic E-state index is -0.376. The van der Waals surface area contributed by atoms with Gasteiger partial charge in [-0.1, -0.05) is 36.4 Å². The number of likely N-dealkylation sites (tertiary alicyclic amines) is 1. The van der Waals surface area contributed by atoms with Crippen LogP contribution < -0.4 is 9.47 Å². The molecule has 2 aromatic rings. The van der Waals surface area contributed by atoms with Crippen molar-refractivity contribution in [2.75, 3.05) is 26.7 Å². The monoisotopic (exact) mass is 380 g/mol. The van der Waals surface area contributed by atoms with E-state index in [2.05, 4.69) is 17.0 Å². The molecule has 28 heavy (non-hydrogen) atoms. The molecule has 2 aliphatic rings. The molecule has 1 spiro atoms. The number of para-hydroxylation sites is 2. The smallest absolute Gasteiger partial charge is 0.219 e. The van der Waals surface area contributed by atoms with Crippen LogP contribution in [0.1, 0.15) is 30.9 Å². The first-order valence-corrected chi connectivity index (χ1v) is 9.95. The fourth-order valence-corrected chi connectivity index (χ4v) is 4.44. The van der Waals surface area contributed by atoms with Gasteiger partial charge in [-0.15, -0.1) is 0 Å². The summed E-state index contributed by atoms with van der Waals surface area (Å²) in [6.45, 7) is 5.52. The fraction of sp³-hybridized carbons (Fsp3) is 0.435. The first kappa shape index (κ1) is 18.8. The van der Waals surface area contributed by atoms with E-state index in [-0.39, 0.29) is 11.5 Å². The predicted molar refractivity (Wildman–Crippen MR) is 108 cm³/mol. The first-order valence-electron chi connectivity index (χ1n) is 9.95. The summed E-state index contributed by atoms with van der Waals surface area (Å²) in [5.74, 6) is 1.92. The van der Waals surface area contributed by atoms with Crippen molar-refractivity contribution < 1.29 is 14.3 Å². The number of carbonyl (C=O) groups excluding carboxylic acids is 1. The molecular weight excluding hydrogens is 352 g/mol. The summed E-state index contributed by atoms with van der Waals surface area (Å²) >= 11 is 0. The predicted octanol–water partition coefficient (Wildman–Crippen LogP) is 3.47. The van der Waals surface area contributed by atoms with Crippen LogP contribution in [0, 0.1) is 0 Å². The Kier molecular flexibility index (Phi) is 5.27. The zero-order chi connectivity index (χ0) is 19.6. The Balaban J connectivity index is 1.60. The molecule has 2 aliphatic heterocycles. The maximum atomic E-state index is 12.3. The molecule has 0 saturated carbocycles. The second-order valence-electron chi connectivity index (χ2n) is 7.89. The molecule has 148 valence electrons. The van der Waals surface area contributed by atoms with E-state index in [9.17, 15) is 4.79 Å². The number of carbonyl (C=O) groups is 1. The van der Waals surface area contributed by atoms with Crippen molar-refractivity contribution in [2.24, 2.45) is 0 Å². The van der Waals surface area contributed by atoms with Gasteiger partial charge in [0.05, 0.1) is 13.7 Å². The number of rotatable bonds is 3. The Morgan fingerprint density at radius 2 is 1.93 bits per heavy atom. The van der Waals surface area contributed by atoms with Gasteiger partial charge in [0.15, 0.2) is 0 Å². The Bertz CT molecular complexity index is 853. The number of methoxy groups -OCH3 is 1. The second kappa shape index (κ2) is 7.84. The molecular formula is C23H28N2O3. The molecule has 1 amide bonds. The lowest BCUT2D eigenvalue weighted by Gasteiger charge is -2.43. The van der Waals surface area contributed by atoms with E-state index in [1.54, 1.807) is 14.0 Å². The van der Waals surface area contributed by atoms with Crippen LogP contribution in [0.5, 0.6) is 11.5 Å². The standard InChI is InChI=1S/C23H28N2O3/c1-18(26)25-15-20-9-4-6-11-22(20)28-23(17-25)12-7-13-24(16-23)14-19-8-3-5-10-21(19)27-2/h3-6,8-11H,7,12-17H2,1-2H3. The molecule has 1 fully saturated rings. The van der Waals surface area contributed by atoms with Crippen LogP contribution in [-0.2, 0) is 17.9 Å². The van der Waals surface area contributed by atoms with Gasteiger partial charge in [0.1, 0.15) is 17.1 Å². The number of benzene rings is 2. The highest BCUT2D eigenvalue weighted by molar-refractivity contribution is 5.73. The molecule has 0 aliphatic carbocycles. The van der Waals surface area contributed by atoms with E-state index < -0.39 is 0 Å². The Hall–Kier alpha value is -2.53. The van der Waals surface area contributed by atoms with E-state index >= 15 is 0 Å². The summed E-state index contributed by atoms with van der Waals surface area (Å²) in [4.78, 5) is 16.6. The van der Waals surface area contributed by atoms with Gasteiger partial charge >= 0.3 is 0 Å². The molecule has 0 bridgehead atoms. The minimum absolute atomic E-state index is 0.0986. The third kappa shape index (κ3) is 3.85. The lowest BCUT2D eigenvalue weighted by atomic mass is 9.91. The minimum Gasteiger partial charge on any atom is -0.496 e. The zero-order valence-corrected chi connectivity index (χ0v) is 16.7. The fourth-order valence-electron chi connectivity index (χ4n) is 4.44. The van der Waals surface area contributed by atoms with Crippen LogP contribution in [0.25, 0.3) is 0 Å². The van der Waals surface area contributed by atoms with Crippen molar-refractivity contribution in [2.45, 2.75) is 38.5 Å². The van der Waals surface area contributed by atoms with Crippen LogP contribution in [0.15, 0.2) is 48.5 Å². The third-order valence-corrected chi connectivity index (χ3v) is 5.79. The summed E-state index contributed by atoms with van der Waals surface area (Å²) < 4.78 is 12.2. The Morgan fingerprint density at radius 3 is 2.75 bits per heavy atom. The van der Waals surface area contributed by atoms with Gasteiger partial charge in [-0.2, -0.15) is 0 Å². The number of hydrogen-bond donors (Lipinski definition) is 0. The largest absolute Gasteiger partial charge is 0.496 e. The molecule has 4 rings (SSSR count). The van der Waals surface area contributed by atoms with Crippen molar-refractivity contribution in [3.8, 4) is 11.5 Å². The highest BCUT2D eigenvalue weighted by atomic mass is 16.5. The Morgan fingerprint density at radius 1 is 1.14 bits per heavy atom. The molecule has 0 N–H and O–H groups in total. The van der Waals surface area contributed by atoms with Crippen LogP contribution in [0.2, 0.25) is 0 Å². The van der Waals surface area contributed by atoms with Crippen molar-refractivity contribution >= 4 is 5.91 Å². The van der Waals surface area contributed by atoms with Gasteiger partial charge in [0.25, 0.3) is 0 Å². The normalized spacial score (nSPS) is 22.3. The molecule has 2 heterocycles. The summed E-state index contributed by atoms with van der Waals surface area (Å²) in [5.41, 5.74) is 1.88. The number of hydrogen-bond acceptors (Lipinski definition) is 4. The van der Waals surface area contributed by atoms with Gasteiger partial charge in [-0.25, -0.2) is 0 Å². The quantitative estimate of drug-likeness (QED) is 0.818. The molecule has 1 atom stereocenters. The Labute approximate surface area is 166 Å². The van der Waals surface area contributed by atoms with Crippen LogP contribution in [0.4, 0.5) is 0 Å². The summed E-state index contributed by atoms with van der Waals surface area (Å²) in [6.07, 6.45) is 2.00. The SMILES string of the molecule is COc1ccccc1CN1CCCC2(C1)CN(C(C)=O)Cc1ccccc1O2. The van der Waals surface area contributed by atoms with Crippen molar-refractivity contribution in [1.82, 2.24) is 9.80 Å². The van der Waals surface area contributed by atoms with E-state index in [1.165, 1.54) is 5.56 Å². The molecule has 1 saturated heterocycles. The maximum Gasteiger partial charge on any atom is 0.219 e. The molecule has 5 heteroatoms. The molecule has 1 unspecified atom stereocenters. The van der Waals surface area contributed by atoms with Gasteiger partial charge in [-0.05, 0) is 31.5 Å². The second-order valence-corrected chi connectivity index (χ2v) is 7.89. The number of nitrogens with zero attached hydrogens (tertiary/aromatic N) is 2. The highest BCUT2D eigenvalue weighted by Gasteiger charge is 2.42. The first-order chi connectivity index (χ1) is 13.6. The van der Waals surface area contributed by atoms with Crippen molar-refractivity contribution in [3.63, 3.8) is 0 Å². The van der Waals surface area contributed by atoms with E-state index in [1.807, 2.05) is 41.3 Å². The van der Waals surface area contributed by atoms with Gasteiger partial charge in [0, 0.05) is 37.7 Å². The lowest BCUT2D eigenvalue weighted by Crippen LogP contribution is -2.57. The summed E-state index contributed by atoms with van der Waals surface area (Å²) in [7, 11) is 1.71. The molecule has 2 aromatic carbocycles. The summed E-state index contributed by atoms with van der Waals surface area (Å²) in [5, 5.41) is 0. The maximum absolute atomic E-state index is 12.3. The zero-order valence-electron chi connectivity index (χ0n) is 16.7. The summed E-state index contributed by atoms with van der Waals surface area (Å²) in [6, 6.07) is 16.3. The lowest BCUT2D eigenvalue weighted by molar-refractivity contribution is -0.133. The van der Waals surface area contributed by atoms with Crippen LogP contribution in [-0.4, -0.2) is 48.1 Å². The molecule has 0 radical (unpaired) electrons. The van der Waals surface area contributed by atoms with Gasteiger partial charge in [-0.3, -0.25) is 9.69 Å². The topological polar surface area (TPSA) is 42.0 Å². The van der Waals surface area contributed by atoms with Crippen molar-refractivity contribution in [1.29, 1.82) is 0 Å². The number of amides is 1. The van der Waals surface area contributed by atoms with E-state index in [0.29, 0.717) is 13.1 Å². The molecule has 5 nitrogen and oxygen atoms in total. The van der Waals surface area contributed by atoms with Gasteiger partial charge in [0.2, 0.25) is 5.91 Å². The van der Waals surface area contributed by atoms with Gasteiger partial charge < -0.3 is 14.4 Å².